The van der Waals surface area contributed by atoms with Gasteiger partial charge in [0, 0.05) is 6.42 Å². The van der Waals surface area contributed by atoms with E-state index in [1.165, 1.54) is 186 Å². The SMILES string of the molecule is CCCCCCCC/C=C/CC/C=C/C(O)C(COC1OC(CO)C(OC2OC(CO)C(OC3OC(CO)C(O)C(O)C3O)C(O)C2O)C(O)C1O)NC(=O)CCCCCCCCCCCCCCCCCCCCCCCCCCCCCC. The molecular formula is C66H123NO18. The molecule has 12 N–H and O–H groups in total. The molecular weight excluding hydrogens is 1090 g/mol. The minimum atomic E-state index is -1.98. The van der Waals surface area contributed by atoms with Crippen LogP contribution in [0, 0.1) is 0 Å². The molecule has 0 radical (unpaired) electrons. The van der Waals surface area contributed by atoms with Crippen molar-refractivity contribution in [1.82, 2.24) is 5.32 Å². The van der Waals surface area contributed by atoms with Gasteiger partial charge in [0.1, 0.15) is 73.2 Å². The molecule has 500 valence electrons. The molecule has 3 fully saturated rings. The summed E-state index contributed by atoms with van der Waals surface area (Å²) in [6, 6.07) is -0.985. The van der Waals surface area contributed by atoms with E-state index in [9.17, 15) is 61.0 Å². The Labute approximate surface area is 511 Å². The molecule has 0 aromatic heterocycles. The first-order valence-corrected chi connectivity index (χ1v) is 34.1. The number of amides is 1. The predicted molar refractivity (Wildman–Crippen MR) is 328 cm³/mol. The van der Waals surface area contributed by atoms with Crippen LogP contribution in [-0.4, -0.2) is 193 Å². The second-order valence-corrected chi connectivity index (χ2v) is 24.6. The highest BCUT2D eigenvalue weighted by Crippen LogP contribution is 2.33. The molecule has 3 heterocycles. The number of carbonyl (C=O) groups is 1. The second-order valence-electron chi connectivity index (χ2n) is 24.6. The Bertz CT molecular complexity index is 1640. The number of hydrogen-bond acceptors (Lipinski definition) is 18. The zero-order chi connectivity index (χ0) is 61.9. The van der Waals surface area contributed by atoms with Crippen molar-refractivity contribution in [3.8, 4) is 0 Å². The maximum atomic E-state index is 13.4. The largest absolute Gasteiger partial charge is 0.394 e. The van der Waals surface area contributed by atoms with Crippen LogP contribution < -0.4 is 5.32 Å². The normalized spacial score (nSPS) is 29.1. The number of ether oxygens (including phenoxy) is 6. The molecule has 17 atom stereocenters. The highest BCUT2D eigenvalue weighted by molar-refractivity contribution is 5.76. The molecule has 19 heteroatoms. The van der Waals surface area contributed by atoms with Crippen molar-refractivity contribution in [3.63, 3.8) is 0 Å². The van der Waals surface area contributed by atoms with Crippen molar-refractivity contribution < 1.29 is 89.4 Å². The molecule has 0 aromatic rings. The Balaban J connectivity index is 1.39. The first-order chi connectivity index (χ1) is 41.3. The van der Waals surface area contributed by atoms with Crippen molar-refractivity contribution in [2.45, 2.75) is 362 Å². The number of hydrogen-bond donors (Lipinski definition) is 12. The fraction of sp³-hybridized carbons (Fsp3) is 0.924. The zero-order valence-corrected chi connectivity index (χ0v) is 52.6. The van der Waals surface area contributed by atoms with E-state index in [1.54, 1.807) is 6.08 Å². The van der Waals surface area contributed by atoms with Crippen LogP contribution in [0.2, 0.25) is 0 Å². The van der Waals surface area contributed by atoms with Gasteiger partial charge in [-0.3, -0.25) is 4.79 Å². The Morgan fingerprint density at radius 3 is 1.18 bits per heavy atom. The predicted octanol–water partition coefficient (Wildman–Crippen LogP) is 8.27. The summed E-state index contributed by atoms with van der Waals surface area (Å²) in [5, 5.41) is 120. The molecule has 3 rings (SSSR count). The van der Waals surface area contributed by atoms with Gasteiger partial charge < -0.3 is 89.9 Å². The second kappa shape index (κ2) is 49.0. The minimum Gasteiger partial charge on any atom is -0.394 e. The van der Waals surface area contributed by atoms with Gasteiger partial charge in [0.15, 0.2) is 18.9 Å². The molecule has 0 bridgehead atoms. The third kappa shape index (κ3) is 31.7. The Morgan fingerprint density at radius 2 is 0.753 bits per heavy atom. The van der Waals surface area contributed by atoms with E-state index >= 15 is 0 Å². The van der Waals surface area contributed by atoms with Crippen LogP contribution in [0.5, 0.6) is 0 Å². The molecule has 85 heavy (non-hydrogen) atoms. The molecule has 0 spiro atoms. The van der Waals surface area contributed by atoms with Crippen molar-refractivity contribution >= 4 is 5.91 Å². The third-order valence-electron chi connectivity index (χ3n) is 17.3. The number of nitrogens with one attached hydrogen (secondary N) is 1. The van der Waals surface area contributed by atoms with Crippen LogP contribution in [0.25, 0.3) is 0 Å². The average molecular weight is 1220 g/mol. The lowest BCUT2D eigenvalue weighted by Crippen LogP contribution is -2.66. The van der Waals surface area contributed by atoms with Gasteiger partial charge in [0.2, 0.25) is 5.91 Å². The maximum Gasteiger partial charge on any atom is 0.220 e. The van der Waals surface area contributed by atoms with Crippen LogP contribution in [0.15, 0.2) is 24.3 Å². The van der Waals surface area contributed by atoms with Gasteiger partial charge in [0.05, 0.1) is 38.6 Å². The lowest BCUT2D eigenvalue weighted by atomic mass is 9.96. The van der Waals surface area contributed by atoms with E-state index in [4.69, 9.17) is 28.4 Å². The number of rotatable bonds is 52. The van der Waals surface area contributed by atoms with Gasteiger partial charge in [-0.05, 0) is 32.1 Å². The molecule has 0 saturated carbocycles. The highest BCUT2D eigenvalue weighted by Gasteiger charge is 2.53. The summed E-state index contributed by atoms with van der Waals surface area (Å²) in [7, 11) is 0. The number of unbranched alkanes of at least 4 members (excludes halogenated alkanes) is 34. The van der Waals surface area contributed by atoms with Crippen LogP contribution >= 0.6 is 0 Å². The first kappa shape index (κ1) is 77.5. The van der Waals surface area contributed by atoms with E-state index in [-0.39, 0.29) is 18.9 Å². The number of carbonyl (C=O) groups excluding carboxylic acids is 1. The summed E-state index contributed by atoms with van der Waals surface area (Å²) in [6.45, 7) is 1.71. The smallest absolute Gasteiger partial charge is 0.220 e. The Hall–Kier alpha value is -1.73. The monoisotopic (exact) mass is 1220 g/mol. The van der Waals surface area contributed by atoms with Crippen molar-refractivity contribution in [2.75, 3.05) is 26.4 Å². The Morgan fingerprint density at radius 1 is 0.412 bits per heavy atom. The van der Waals surface area contributed by atoms with Gasteiger partial charge >= 0.3 is 0 Å². The van der Waals surface area contributed by atoms with Crippen molar-refractivity contribution in [3.05, 3.63) is 24.3 Å². The number of aliphatic hydroxyl groups is 11. The third-order valence-corrected chi connectivity index (χ3v) is 17.3. The summed E-state index contributed by atoms with van der Waals surface area (Å²) in [4.78, 5) is 13.4. The molecule has 3 aliphatic heterocycles. The molecule has 0 aliphatic carbocycles. The molecule has 3 saturated heterocycles. The summed E-state index contributed by atoms with van der Waals surface area (Å²) in [6.07, 6.45) is 27.6. The van der Waals surface area contributed by atoms with Crippen LogP contribution in [0.4, 0.5) is 0 Å². The topological polar surface area (TPSA) is 307 Å². The summed E-state index contributed by atoms with van der Waals surface area (Å²) in [5.74, 6) is -0.282. The molecule has 3 aliphatic rings. The fourth-order valence-corrected chi connectivity index (χ4v) is 11.7. The van der Waals surface area contributed by atoms with E-state index < -0.39 is 124 Å². The fourth-order valence-electron chi connectivity index (χ4n) is 11.7. The van der Waals surface area contributed by atoms with Crippen LogP contribution in [-0.2, 0) is 33.2 Å². The first-order valence-electron chi connectivity index (χ1n) is 34.1. The Kier molecular flexibility index (Phi) is 44.7. The molecule has 1 amide bonds. The van der Waals surface area contributed by atoms with E-state index in [1.807, 2.05) is 6.08 Å². The van der Waals surface area contributed by atoms with Gasteiger partial charge in [-0.25, -0.2) is 0 Å². The van der Waals surface area contributed by atoms with E-state index in [0.29, 0.717) is 12.8 Å². The summed E-state index contributed by atoms with van der Waals surface area (Å²) in [5.41, 5.74) is 0. The summed E-state index contributed by atoms with van der Waals surface area (Å²) < 4.78 is 34.3. The number of allylic oxidation sites excluding steroid dienone is 3. The van der Waals surface area contributed by atoms with Gasteiger partial charge in [-0.15, -0.1) is 0 Å². The zero-order valence-electron chi connectivity index (χ0n) is 52.6. The van der Waals surface area contributed by atoms with Crippen LogP contribution in [0.3, 0.4) is 0 Å². The lowest BCUT2D eigenvalue weighted by Gasteiger charge is -2.48. The van der Waals surface area contributed by atoms with Crippen LogP contribution in [0.1, 0.15) is 258 Å². The standard InChI is InChI=1S/C66H123NO18/c1-3-5-7-9-11-13-15-17-18-19-20-21-22-23-24-25-26-27-28-29-30-31-32-34-36-38-40-42-44-54(72)67-49(50(71)43-41-39-37-35-33-16-14-12-10-8-6-4-2)48-80-64-60(78)57(75)62(52(46-69)82-64)85-66-61(79)58(76)63(53(47-70)83-66)84-65-59(77)56(74)55(73)51(45-68)81-65/h33,35,41,43,49-53,55-66,68-71,73-79H,3-32,34,36-40,42,44-48H2,1-2H3,(H,67,72)/b35-33+,43-41+. The van der Waals surface area contributed by atoms with Gasteiger partial charge in [-0.1, -0.05) is 244 Å². The quantitative estimate of drug-likeness (QED) is 0.0201. The lowest BCUT2D eigenvalue weighted by molar-refractivity contribution is -0.379. The molecule has 17 unspecified atom stereocenters. The van der Waals surface area contributed by atoms with Crippen molar-refractivity contribution in [2.24, 2.45) is 0 Å². The van der Waals surface area contributed by atoms with E-state index in [0.717, 1.165) is 38.5 Å². The highest BCUT2D eigenvalue weighted by atomic mass is 16.8. The summed E-state index contributed by atoms with van der Waals surface area (Å²) >= 11 is 0. The van der Waals surface area contributed by atoms with E-state index in [2.05, 4.69) is 31.3 Å². The molecule has 0 aromatic carbocycles. The van der Waals surface area contributed by atoms with Crippen molar-refractivity contribution in [1.29, 1.82) is 0 Å². The number of aliphatic hydroxyl groups excluding tert-OH is 11. The average Bonchev–Trinajstić information content (AvgIpc) is 3.29. The minimum absolute atomic E-state index is 0.240. The molecule has 19 nitrogen and oxygen atoms in total. The van der Waals surface area contributed by atoms with Gasteiger partial charge in [-0.2, -0.15) is 0 Å². The maximum absolute atomic E-state index is 13.4. The van der Waals surface area contributed by atoms with Gasteiger partial charge in [0.25, 0.3) is 0 Å².